The molecule has 0 radical (unpaired) electrons. The molecule has 0 aromatic heterocycles. The number of aliphatic hydroxyl groups excluding tert-OH is 1. The van der Waals surface area contributed by atoms with Crippen molar-refractivity contribution in [2.75, 3.05) is 31.1 Å². The fraction of sp³-hybridized carbons (Fsp3) is 0.378. The third-order valence-electron chi connectivity index (χ3n) is 9.72. The van der Waals surface area contributed by atoms with Gasteiger partial charge in [0.2, 0.25) is 11.8 Å². The SMILES string of the molecule is C=CCN(CCC)C(=O)[C@H]1[C@@H]2OC3(CC2Br)C(C(=O)N(CC=C)c2ccc4ccccc4c2)N([C@H](CO)c2ccccc2)C(=O)[C@H]13. The Hall–Kier alpha value is -3.79. The van der Waals surface area contributed by atoms with Crippen molar-refractivity contribution in [3.05, 3.63) is 104 Å². The van der Waals surface area contributed by atoms with Crippen LogP contribution in [0.2, 0.25) is 0 Å². The van der Waals surface area contributed by atoms with Gasteiger partial charge in [0.05, 0.1) is 30.6 Å². The number of amides is 3. The minimum atomic E-state index is -1.28. The summed E-state index contributed by atoms with van der Waals surface area (Å²) in [6.07, 6.45) is 3.88. The molecule has 3 aliphatic heterocycles. The molecule has 1 spiro atoms. The highest BCUT2D eigenvalue weighted by molar-refractivity contribution is 9.09. The maximum atomic E-state index is 15.1. The maximum absolute atomic E-state index is 15.1. The van der Waals surface area contributed by atoms with Crippen LogP contribution < -0.4 is 4.90 Å². The molecule has 3 aliphatic rings. The summed E-state index contributed by atoms with van der Waals surface area (Å²) in [5.74, 6) is -2.56. The van der Waals surface area contributed by atoms with E-state index in [2.05, 4.69) is 29.1 Å². The van der Waals surface area contributed by atoms with Crippen molar-refractivity contribution in [2.24, 2.45) is 11.8 Å². The second-order valence-electron chi connectivity index (χ2n) is 12.4. The first kappa shape index (κ1) is 32.2. The van der Waals surface area contributed by atoms with Gasteiger partial charge in [-0.1, -0.05) is 95.7 Å². The van der Waals surface area contributed by atoms with Gasteiger partial charge in [0, 0.05) is 30.1 Å². The minimum absolute atomic E-state index is 0.179. The topological polar surface area (TPSA) is 90.4 Å². The van der Waals surface area contributed by atoms with Crippen molar-refractivity contribution in [1.82, 2.24) is 9.80 Å². The molecule has 240 valence electrons. The molecule has 3 saturated heterocycles. The highest BCUT2D eigenvalue weighted by atomic mass is 79.9. The second-order valence-corrected chi connectivity index (χ2v) is 13.5. The van der Waals surface area contributed by atoms with Crippen LogP contribution in [-0.2, 0) is 19.1 Å². The van der Waals surface area contributed by atoms with Crippen LogP contribution in [0, 0.1) is 11.8 Å². The lowest BCUT2D eigenvalue weighted by Gasteiger charge is -2.39. The van der Waals surface area contributed by atoms with E-state index in [9.17, 15) is 14.7 Å². The second kappa shape index (κ2) is 13.1. The monoisotopic (exact) mass is 685 g/mol. The van der Waals surface area contributed by atoms with Crippen LogP contribution in [-0.4, -0.2) is 81.4 Å². The van der Waals surface area contributed by atoms with Crippen molar-refractivity contribution in [3.8, 4) is 0 Å². The molecule has 6 rings (SSSR count). The van der Waals surface area contributed by atoms with Crippen molar-refractivity contribution in [2.45, 2.75) is 48.4 Å². The van der Waals surface area contributed by atoms with E-state index in [0.717, 1.165) is 17.2 Å². The van der Waals surface area contributed by atoms with Gasteiger partial charge in [-0.05, 0) is 41.3 Å². The first-order valence-corrected chi connectivity index (χ1v) is 16.8. The molecule has 3 heterocycles. The summed E-state index contributed by atoms with van der Waals surface area (Å²) < 4.78 is 6.80. The standard InChI is InChI=1S/C37H40BrN3O5/c1-4-18-39(19-5-2)34(43)30-31-35(44)41(29(23-42)25-13-8-7-9-14-25)33(37(31)22-28(38)32(30)46-37)36(45)40(20-6-3)27-17-16-24-12-10-11-15-26(24)21-27/h4,6-17,21,28-33,42H,1,3,5,18-20,22-23H2,2H3/t28?,29-,30-,31+,32-,33?,37?/m1/s1. The van der Waals surface area contributed by atoms with E-state index in [0.29, 0.717) is 30.8 Å². The number of anilines is 1. The van der Waals surface area contributed by atoms with Gasteiger partial charge in [0.25, 0.3) is 5.91 Å². The Bertz CT molecular complexity index is 1650. The molecule has 8 nitrogen and oxygen atoms in total. The van der Waals surface area contributed by atoms with Crippen LogP contribution in [0.4, 0.5) is 5.69 Å². The summed E-state index contributed by atoms with van der Waals surface area (Å²) in [6, 6.07) is 21.0. The summed E-state index contributed by atoms with van der Waals surface area (Å²) >= 11 is 3.78. The number of likely N-dealkylation sites (tertiary alicyclic amines) is 1. The van der Waals surface area contributed by atoms with E-state index in [1.54, 1.807) is 22.0 Å². The van der Waals surface area contributed by atoms with Gasteiger partial charge in [0.15, 0.2) is 0 Å². The lowest BCUT2D eigenvalue weighted by Crippen LogP contribution is -2.58. The van der Waals surface area contributed by atoms with E-state index in [-0.39, 0.29) is 29.1 Å². The third kappa shape index (κ3) is 5.18. The van der Waals surface area contributed by atoms with Crippen LogP contribution in [0.25, 0.3) is 10.8 Å². The number of carbonyl (C=O) groups is 3. The zero-order valence-electron chi connectivity index (χ0n) is 26.0. The van der Waals surface area contributed by atoms with E-state index in [1.165, 1.54) is 4.90 Å². The molecule has 3 unspecified atom stereocenters. The number of alkyl halides is 1. The smallest absolute Gasteiger partial charge is 0.253 e. The molecule has 0 aliphatic carbocycles. The fourth-order valence-electron chi connectivity index (χ4n) is 7.87. The zero-order valence-corrected chi connectivity index (χ0v) is 27.6. The number of hydrogen-bond acceptors (Lipinski definition) is 5. The number of nitrogens with zero attached hydrogens (tertiary/aromatic N) is 3. The Labute approximate surface area is 278 Å². The molecular formula is C37H40BrN3O5. The van der Waals surface area contributed by atoms with Crippen molar-refractivity contribution < 1.29 is 24.2 Å². The van der Waals surface area contributed by atoms with Gasteiger partial charge in [-0.2, -0.15) is 0 Å². The Kier molecular flexibility index (Phi) is 9.19. The van der Waals surface area contributed by atoms with Gasteiger partial charge in [-0.3, -0.25) is 14.4 Å². The molecule has 3 fully saturated rings. The van der Waals surface area contributed by atoms with E-state index < -0.39 is 42.2 Å². The first-order valence-electron chi connectivity index (χ1n) is 15.9. The number of carbonyl (C=O) groups excluding carboxylic acids is 3. The van der Waals surface area contributed by atoms with Crippen molar-refractivity contribution in [1.29, 1.82) is 0 Å². The maximum Gasteiger partial charge on any atom is 0.253 e. The van der Waals surface area contributed by atoms with E-state index in [4.69, 9.17) is 4.74 Å². The number of fused-ring (bicyclic) bond motifs is 2. The van der Waals surface area contributed by atoms with Crippen LogP contribution >= 0.6 is 15.9 Å². The first-order chi connectivity index (χ1) is 22.3. The van der Waals surface area contributed by atoms with Crippen LogP contribution in [0.3, 0.4) is 0 Å². The molecule has 0 saturated carbocycles. The summed E-state index contributed by atoms with van der Waals surface area (Å²) in [4.78, 5) is 48.9. The van der Waals surface area contributed by atoms with Crippen LogP contribution in [0.5, 0.6) is 0 Å². The number of ether oxygens (including phenoxy) is 1. The number of hydrogen-bond donors (Lipinski definition) is 1. The average Bonchev–Trinajstić information content (AvgIpc) is 3.67. The van der Waals surface area contributed by atoms with Gasteiger partial charge in [0.1, 0.15) is 11.6 Å². The summed E-state index contributed by atoms with van der Waals surface area (Å²) in [6.45, 7) is 10.4. The number of aliphatic hydroxyl groups is 1. The Balaban J connectivity index is 1.50. The van der Waals surface area contributed by atoms with Gasteiger partial charge in [-0.25, -0.2) is 0 Å². The fourth-order valence-corrected chi connectivity index (χ4v) is 8.81. The number of benzene rings is 3. The number of rotatable bonds is 12. The highest BCUT2D eigenvalue weighted by Gasteiger charge is 2.77. The van der Waals surface area contributed by atoms with Crippen molar-refractivity contribution in [3.63, 3.8) is 0 Å². The largest absolute Gasteiger partial charge is 0.394 e. The molecule has 9 heteroatoms. The zero-order chi connectivity index (χ0) is 32.6. The Morgan fingerprint density at radius 2 is 1.74 bits per heavy atom. The van der Waals surface area contributed by atoms with E-state index in [1.807, 2.05) is 79.7 Å². The lowest BCUT2D eigenvalue weighted by atomic mass is 9.70. The van der Waals surface area contributed by atoms with E-state index >= 15 is 4.79 Å². The van der Waals surface area contributed by atoms with Gasteiger partial charge in [-0.15, -0.1) is 13.2 Å². The van der Waals surface area contributed by atoms with Gasteiger partial charge >= 0.3 is 0 Å². The quantitative estimate of drug-likeness (QED) is 0.207. The molecule has 1 N–H and O–H groups in total. The molecule has 3 aromatic rings. The summed E-state index contributed by atoms with van der Waals surface area (Å²) in [7, 11) is 0. The van der Waals surface area contributed by atoms with Gasteiger partial charge < -0.3 is 24.5 Å². The molecule has 46 heavy (non-hydrogen) atoms. The molecule has 3 aromatic carbocycles. The number of halogens is 1. The highest BCUT2D eigenvalue weighted by Crippen LogP contribution is 2.61. The average molecular weight is 687 g/mol. The predicted molar refractivity (Wildman–Crippen MR) is 182 cm³/mol. The lowest BCUT2D eigenvalue weighted by molar-refractivity contribution is -0.147. The Morgan fingerprint density at radius 3 is 2.41 bits per heavy atom. The molecule has 2 bridgehead atoms. The third-order valence-corrected chi connectivity index (χ3v) is 10.6. The Morgan fingerprint density at radius 1 is 1.04 bits per heavy atom. The van der Waals surface area contributed by atoms with Crippen molar-refractivity contribution >= 4 is 50.1 Å². The van der Waals surface area contributed by atoms with Crippen LogP contribution in [0.15, 0.2) is 98.1 Å². The molecule has 3 amide bonds. The molecular weight excluding hydrogens is 646 g/mol. The van der Waals surface area contributed by atoms with Crippen LogP contribution in [0.1, 0.15) is 31.4 Å². The molecule has 7 atom stereocenters. The summed E-state index contributed by atoms with van der Waals surface area (Å²) in [5, 5.41) is 12.9. The normalized spacial score (nSPS) is 27.0. The minimum Gasteiger partial charge on any atom is -0.394 e. The summed E-state index contributed by atoms with van der Waals surface area (Å²) in [5.41, 5.74) is 0.0741. The predicted octanol–water partition coefficient (Wildman–Crippen LogP) is 5.27.